The van der Waals surface area contributed by atoms with E-state index in [1.165, 1.54) is 6.07 Å². The van der Waals surface area contributed by atoms with Gasteiger partial charge >= 0.3 is 0 Å². The fourth-order valence-corrected chi connectivity index (χ4v) is 2.69. The van der Waals surface area contributed by atoms with E-state index >= 15 is 0 Å². The Labute approximate surface area is 125 Å². The number of hydrogen-bond donors (Lipinski definition) is 1. The first-order chi connectivity index (χ1) is 9.81. The van der Waals surface area contributed by atoms with Gasteiger partial charge in [-0.3, -0.25) is 4.79 Å². The molecule has 2 rings (SSSR count). The monoisotopic (exact) mass is 293 g/mol. The van der Waals surface area contributed by atoms with Crippen molar-refractivity contribution in [2.75, 3.05) is 13.1 Å². The third-order valence-electron chi connectivity index (χ3n) is 4.25. The lowest BCUT2D eigenvalue weighted by Gasteiger charge is -2.41. The molecule has 0 aromatic carbocycles. The number of rotatable bonds is 3. The van der Waals surface area contributed by atoms with Gasteiger partial charge in [0.2, 0.25) is 0 Å². The Kier molecular flexibility index (Phi) is 4.61. The first-order valence-electron chi connectivity index (χ1n) is 7.50. The van der Waals surface area contributed by atoms with Crippen LogP contribution in [0.25, 0.3) is 0 Å². The minimum absolute atomic E-state index is 0.109. The Hall–Kier alpha value is -1.49. The molecule has 1 fully saturated rings. The summed E-state index contributed by atoms with van der Waals surface area (Å²) in [6.07, 6.45) is 1.73. The van der Waals surface area contributed by atoms with Gasteiger partial charge in [-0.05, 0) is 52.7 Å². The van der Waals surface area contributed by atoms with Crippen LogP contribution in [0.2, 0.25) is 0 Å². The van der Waals surface area contributed by atoms with Crippen LogP contribution in [0, 0.1) is 12.7 Å². The van der Waals surface area contributed by atoms with Crippen LogP contribution in [0.15, 0.2) is 12.1 Å². The van der Waals surface area contributed by atoms with Crippen molar-refractivity contribution in [2.45, 2.75) is 52.1 Å². The van der Waals surface area contributed by atoms with E-state index in [0.29, 0.717) is 11.7 Å². The average molecular weight is 293 g/mol. The van der Waals surface area contributed by atoms with Crippen LogP contribution in [-0.2, 0) is 0 Å². The molecular formula is C16H24FN3O. The van der Waals surface area contributed by atoms with Crippen LogP contribution in [0.5, 0.6) is 0 Å². The fraction of sp³-hybridized carbons (Fsp3) is 0.625. The standard InChI is InChI=1S/C16H24FN3O/c1-11(2)20-9-7-16(4,8-10-20)19-15(21)14-13(17)6-5-12(3)18-14/h5-6,11H,7-10H2,1-4H3,(H,19,21). The number of piperidine rings is 1. The highest BCUT2D eigenvalue weighted by molar-refractivity contribution is 5.93. The van der Waals surface area contributed by atoms with Crippen LogP contribution in [0.1, 0.15) is 49.8 Å². The van der Waals surface area contributed by atoms with E-state index in [2.05, 4.69) is 29.0 Å². The predicted octanol–water partition coefficient (Wildman–Crippen LogP) is 2.52. The normalized spacial score (nSPS) is 18.8. The molecule has 0 bridgehead atoms. The van der Waals surface area contributed by atoms with Crippen molar-refractivity contribution >= 4 is 5.91 Å². The van der Waals surface area contributed by atoms with E-state index in [-0.39, 0.29) is 11.2 Å². The zero-order valence-corrected chi connectivity index (χ0v) is 13.2. The number of nitrogens with zero attached hydrogens (tertiary/aromatic N) is 2. The highest BCUT2D eigenvalue weighted by Gasteiger charge is 2.33. The van der Waals surface area contributed by atoms with Gasteiger partial charge in [0, 0.05) is 30.4 Å². The van der Waals surface area contributed by atoms with E-state index < -0.39 is 11.7 Å². The molecule has 0 aliphatic carbocycles. The summed E-state index contributed by atoms with van der Waals surface area (Å²) in [5, 5.41) is 2.97. The molecule has 4 nitrogen and oxygen atoms in total. The van der Waals surface area contributed by atoms with Gasteiger partial charge in [0.1, 0.15) is 0 Å². The number of amides is 1. The Morgan fingerprint density at radius 2 is 2.00 bits per heavy atom. The number of pyridine rings is 1. The third-order valence-corrected chi connectivity index (χ3v) is 4.25. The molecule has 1 aromatic rings. The largest absolute Gasteiger partial charge is 0.345 e. The van der Waals surface area contributed by atoms with Crippen LogP contribution in [0.3, 0.4) is 0 Å². The maximum atomic E-state index is 13.7. The van der Waals surface area contributed by atoms with Gasteiger partial charge in [-0.15, -0.1) is 0 Å². The summed E-state index contributed by atoms with van der Waals surface area (Å²) in [5.41, 5.74) is 0.240. The van der Waals surface area contributed by atoms with Crippen molar-refractivity contribution in [2.24, 2.45) is 0 Å². The lowest BCUT2D eigenvalue weighted by Crippen LogP contribution is -2.54. The number of nitrogens with one attached hydrogen (secondary N) is 1. The molecule has 1 aliphatic rings. The minimum atomic E-state index is -0.568. The molecule has 0 unspecified atom stereocenters. The molecule has 0 saturated carbocycles. The van der Waals surface area contributed by atoms with Gasteiger partial charge < -0.3 is 10.2 Å². The molecule has 1 aromatic heterocycles. The number of carbonyl (C=O) groups excluding carboxylic acids is 1. The summed E-state index contributed by atoms with van der Waals surface area (Å²) in [7, 11) is 0. The first kappa shape index (κ1) is 15.9. The molecule has 0 spiro atoms. The predicted molar refractivity (Wildman–Crippen MR) is 80.7 cm³/mol. The van der Waals surface area contributed by atoms with Gasteiger partial charge in [0.05, 0.1) is 0 Å². The number of aromatic nitrogens is 1. The molecule has 116 valence electrons. The van der Waals surface area contributed by atoms with Gasteiger partial charge in [0.15, 0.2) is 11.5 Å². The molecule has 0 atom stereocenters. The fourth-order valence-electron chi connectivity index (χ4n) is 2.69. The van der Waals surface area contributed by atoms with E-state index in [1.807, 2.05) is 6.92 Å². The lowest BCUT2D eigenvalue weighted by molar-refractivity contribution is 0.0792. The molecule has 1 saturated heterocycles. The summed E-state index contributed by atoms with van der Waals surface area (Å²) in [6.45, 7) is 10.0. The molecule has 2 heterocycles. The number of halogens is 1. The van der Waals surface area contributed by atoms with Crippen molar-refractivity contribution in [1.29, 1.82) is 0 Å². The second-order valence-corrected chi connectivity index (χ2v) is 6.43. The smallest absolute Gasteiger partial charge is 0.273 e. The third kappa shape index (κ3) is 3.79. The van der Waals surface area contributed by atoms with Gasteiger partial charge in [0.25, 0.3) is 5.91 Å². The molecule has 1 amide bonds. The molecule has 0 radical (unpaired) electrons. The van der Waals surface area contributed by atoms with E-state index in [9.17, 15) is 9.18 Å². The zero-order chi connectivity index (χ0) is 15.6. The molecular weight excluding hydrogens is 269 g/mol. The van der Waals surface area contributed by atoms with Crippen molar-refractivity contribution in [3.05, 3.63) is 29.3 Å². The molecule has 21 heavy (non-hydrogen) atoms. The molecule has 1 aliphatic heterocycles. The van der Waals surface area contributed by atoms with Crippen molar-refractivity contribution in [1.82, 2.24) is 15.2 Å². The Balaban J connectivity index is 2.04. The van der Waals surface area contributed by atoms with E-state index in [1.54, 1.807) is 13.0 Å². The number of carbonyl (C=O) groups is 1. The average Bonchev–Trinajstić information content (AvgIpc) is 2.41. The molecule has 1 N–H and O–H groups in total. The van der Waals surface area contributed by atoms with Crippen LogP contribution in [-0.4, -0.2) is 40.5 Å². The van der Waals surface area contributed by atoms with Crippen LogP contribution >= 0.6 is 0 Å². The van der Waals surface area contributed by atoms with Crippen LogP contribution in [0.4, 0.5) is 4.39 Å². The number of hydrogen-bond acceptors (Lipinski definition) is 3. The van der Waals surface area contributed by atoms with Gasteiger partial charge in [-0.1, -0.05) is 0 Å². The highest BCUT2D eigenvalue weighted by atomic mass is 19.1. The van der Waals surface area contributed by atoms with Crippen molar-refractivity contribution < 1.29 is 9.18 Å². The SMILES string of the molecule is Cc1ccc(F)c(C(=O)NC2(C)CCN(C(C)C)CC2)n1. The van der Waals surface area contributed by atoms with E-state index in [4.69, 9.17) is 0 Å². The van der Waals surface area contributed by atoms with Gasteiger partial charge in [-0.25, -0.2) is 9.37 Å². The Morgan fingerprint density at radius 3 is 2.57 bits per heavy atom. The second kappa shape index (κ2) is 6.10. The summed E-state index contributed by atoms with van der Waals surface area (Å²) in [5.74, 6) is -0.988. The lowest BCUT2D eigenvalue weighted by atomic mass is 9.89. The second-order valence-electron chi connectivity index (χ2n) is 6.43. The minimum Gasteiger partial charge on any atom is -0.345 e. The van der Waals surface area contributed by atoms with Crippen molar-refractivity contribution in [3.8, 4) is 0 Å². The Morgan fingerprint density at radius 1 is 1.38 bits per heavy atom. The Bertz CT molecular complexity index is 522. The number of aryl methyl sites for hydroxylation is 1. The van der Waals surface area contributed by atoms with E-state index in [0.717, 1.165) is 25.9 Å². The number of likely N-dealkylation sites (tertiary alicyclic amines) is 1. The first-order valence-corrected chi connectivity index (χ1v) is 7.50. The van der Waals surface area contributed by atoms with Crippen molar-refractivity contribution in [3.63, 3.8) is 0 Å². The highest BCUT2D eigenvalue weighted by Crippen LogP contribution is 2.23. The summed E-state index contributed by atoms with van der Waals surface area (Å²) in [6, 6.07) is 3.37. The molecule has 5 heteroatoms. The summed E-state index contributed by atoms with van der Waals surface area (Å²) < 4.78 is 13.7. The zero-order valence-electron chi connectivity index (χ0n) is 13.2. The van der Waals surface area contributed by atoms with Crippen LogP contribution < -0.4 is 5.32 Å². The maximum absolute atomic E-state index is 13.7. The quantitative estimate of drug-likeness (QED) is 0.931. The van der Waals surface area contributed by atoms with Gasteiger partial charge in [-0.2, -0.15) is 0 Å². The maximum Gasteiger partial charge on any atom is 0.273 e. The summed E-state index contributed by atoms with van der Waals surface area (Å²) >= 11 is 0. The topological polar surface area (TPSA) is 45.2 Å². The summed E-state index contributed by atoms with van der Waals surface area (Å²) in [4.78, 5) is 18.7.